The summed E-state index contributed by atoms with van der Waals surface area (Å²) in [6.07, 6.45) is 1.53. The van der Waals surface area contributed by atoms with Crippen LogP contribution < -0.4 is 9.47 Å². The highest BCUT2D eigenvalue weighted by molar-refractivity contribution is 6.32. The van der Waals surface area contributed by atoms with Crippen LogP contribution in [-0.2, 0) is 6.61 Å². The number of nitro benzene ring substituents is 2. The number of rotatable bonds is 8. The van der Waals surface area contributed by atoms with E-state index in [0.29, 0.717) is 16.7 Å². The first-order valence-electron chi connectivity index (χ1n) is 9.42. The molecule has 0 heterocycles. The molecule has 0 saturated heterocycles. The fourth-order valence-electron chi connectivity index (χ4n) is 3.01. The molecule has 3 rings (SSSR count). The van der Waals surface area contributed by atoms with E-state index in [0.717, 1.165) is 0 Å². The summed E-state index contributed by atoms with van der Waals surface area (Å²) in [5, 5.41) is 31.7. The Morgan fingerprint density at radius 2 is 1.73 bits per heavy atom. The molecule has 0 aromatic heterocycles. The van der Waals surface area contributed by atoms with Gasteiger partial charge in [0.2, 0.25) is 0 Å². The topological polar surface area (TPSA) is 129 Å². The van der Waals surface area contributed by atoms with Gasteiger partial charge in [-0.15, -0.1) is 0 Å². The molecule has 3 aromatic rings. The minimum atomic E-state index is -0.536. The van der Waals surface area contributed by atoms with Gasteiger partial charge in [-0.1, -0.05) is 35.9 Å². The number of hydrogen-bond acceptors (Lipinski definition) is 7. The number of methoxy groups -OCH3 is 1. The molecule has 10 heteroatoms. The smallest absolute Gasteiger partial charge is 0.270 e. The van der Waals surface area contributed by atoms with Crippen LogP contribution >= 0.6 is 11.6 Å². The molecule has 166 valence electrons. The summed E-state index contributed by atoms with van der Waals surface area (Å²) < 4.78 is 11.1. The number of nitrogens with zero attached hydrogens (tertiary/aromatic N) is 3. The fraction of sp³-hybridized carbons (Fsp3) is 0.0870. The van der Waals surface area contributed by atoms with E-state index in [4.69, 9.17) is 21.1 Å². The molecule has 0 atom stereocenters. The van der Waals surface area contributed by atoms with Crippen LogP contribution in [0.15, 0.2) is 60.7 Å². The summed E-state index contributed by atoms with van der Waals surface area (Å²) in [7, 11) is 1.42. The molecule has 0 unspecified atom stereocenters. The van der Waals surface area contributed by atoms with Crippen LogP contribution in [0.4, 0.5) is 11.4 Å². The minimum Gasteiger partial charge on any atom is -0.493 e. The third-order valence-electron chi connectivity index (χ3n) is 4.56. The number of hydrogen-bond donors (Lipinski definition) is 0. The Labute approximate surface area is 193 Å². The number of nitro groups is 2. The first-order valence-corrected chi connectivity index (χ1v) is 9.80. The molecule has 0 fully saturated rings. The maximum absolute atomic E-state index is 11.0. The standard InChI is InChI=1S/C23H16ClN3O6/c1-32-22-11-16(8-18(13-25)17-5-3-7-20(12-17)27(30)31)10-21(24)23(22)33-14-15-4-2-6-19(9-15)26(28)29/h2-12H,14H2,1H3. The van der Waals surface area contributed by atoms with Crippen molar-refractivity contribution in [2.45, 2.75) is 6.61 Å². The van der Waals surface area contributed by atoms with E-state index in [1.807, 2.05) is 6.07 Å². The van der Waals surface area contributed by atoms with Crippen molar-refractivity contribution < 1.29 is 19.3 Å². The Balaban J connectivity index is 1.90. The lowest BCUT2D eigenvalue weighted by molar-refractivity contribution is -0.385. The number of halogens is 1. The monoisotopic (exact) mass is 465 g/mol. The van der Waals surface area contributed by atoms with Crippen molar-refractivity contribution in [2.75, 3.05) is 7.11 Å². The van der Waals surface area contributed by atoms with Crippen molar-refractivity contribution >= 4 is 34.6 Å². The molecule has 0 aliphatic rings. The summed E-state index contributed by atoms with van der Waals surface area (Å²) in [5.41, 5.74) is 1.48. The third kappa shape index (κ3) is 5.64. The van der Waals surface area contributed by atoms with Crippen LogP contribution in [0.2, 0.25) is 5.02 Å². The van der Waals surface area contributed by atoms with Crippen molar-refractivity contribution in [3.05, 3.63) is 103 Å². The first-order chi connectivity index (χ1) is 15.8. The highest BCUT2D eigenvalue weighted by Gasteiger charge is 2.14. The third-order valence-corrected chi connectivity index (χ3v) is 4.84. The Bertz CT molecular complexity index is 1300. The van der Waals surface area contributed by atoms with Crippen molar-refractivity contribution in [2.24, 2.45) is 0 Å². The summed E-state index contributed by atoms with van der Waals surface area (Å²) in [6.45, 7) is 0.0179. The van der Waals surface area contributed by atoms with Gasteiger partial charge in [-0.05, 0) is 34.9 Å². The van der Waals surface area contributed by atoms with Crippen LogP contribution in [-0.4, -0.2) is 17.0 Å². The van der Waals surface area contributed by atoms with Gasteiger partial charge >= 0.3 is 0 Å². The van der Waals surface area contributed by atoms with Crippen molar-refractivity contribution in [3.8, 4) is 17.6 Å². The Kier molecular flexibility index (Phi) is 7.23. The predicted octanol–water partition coefficient (Wildman–Crippen LogP) is 5.81. The molecule has 3 aromatic carbocycles. The summed E-state index contributed by atoms with van der Waals surface area (Å²) in [4.78, 5) is 20.9. The van der Waals surface area contributed by atoms with Gasteiger partial charge in [0, 0.05) is 24.3 Å². The zero-order chi connectivity index (χ0) is 24.0. The zero-order valence-electron chi connectivity index (χ0n) is 17.2. The maximum Gasteiger partial charge on any atom is 0.270 e. The first kappa shape index (κ1) is 23.2. The number of nitriles is 1. The van der Waals surface area contributed by atoms with Crippen LogP contribution in [0.25, 0.3) is 11.6 Å². The number of benzene rings is 3. The van der Waals surface area contributed by atoms with Crippen molar-refractivity contribution in [3.63, 3.8) is 0 Å². The second kappa shape index (κ2) is 10.3. The molecule has 0 amide bonds. The van der Waals surface area contributed by atoms with E-state index in [2.05, 4.69) is 0 Å². The molecular formula is C23H16ClN3O6. The van der Waals surface area contributed by atoms with Gasteiger partial charge in [0.25, 0.3) is 11.4 Å². The molecule has 0 bridgehead atoms. The van der Waals surface area contributed by atoms with Gasteiger partial charge in [-0.3, -0.25) is 20.2 Å². The zero-order valence-corrected chi connectivity index (χ0v) is 18.0. The van der Waals surface area contributed by atoms with E-state index in [-0.39, 0.29) is 40.1 Å². The molecule has 9 nitrogen and oxygen atoms in total. The van der Waals surface area contributed by atoms with Crippen molar-refractivity contribution in [1.82, 2.24) is 0 Å². The number of allylic oxidation sites excluding steroid dienone is 1. The van der Waals surface area contributed by atoms with E-state index in [1.54, 1.807) is 30.3 Å². The van der Waals surface area contributed by atoms with Gasteiger partial charge in [-0.2, -0.15) is 5.26 Å². The summed E-state index contributed by atoms with van der Waals surface area (Å²) in [6, 6.07) is 17.0. The van der Waals surface area contributed by atoms with Crippen LogP contribution in [0, 0.1) is 31.6 Å². The SMILES string of the molecule is COc1cc(C=C(C#N)c2cccc([N+](=O)[O-])c2)cc(Cl)c1OCc1cccc([N+](=O)[O-])c1. The van der Waals surface area contributed by atoms with Crippen molar-refractivity contribution in [1.29, 1.82) is 5.26 Å². The average Bonchev–Trinajstić information content (AvgIpc) is 2.81. The van der Waals surface area contributed by atoms with Crippen LogP contribution in [0.1, 0.15) is 16.7 Å². The predicted molar refractivity (Wildman–Crippen MR) is 122 cm³/mol. The second-order valence-corrected chi connectivity index (χ2v) is 7.13. The van der Waals surface area contributed by atoms with Crippen LogP contribution in [0.3, 0.4) is 0 Å². The van der Waals surface area contributed by atoms with Gasteiger partial charge in [-0.25, -0.2) is 0 Å². The van der Waals surface area contributed by atoms with Gasteiger partial charge in [0.15, 0.2) is 11.5 Å². The minimum absolute atomic E-state index is 0.0179. The molecule has 33 heavy (non-hydrogen) atoms. The highest BCUT2D eigenvalue weighted by Crippen LogP contribution is 2.38. The van der Waals surface area contributed by atoms with Crippen LogP contribution in [0.5, 0.6) is 11.5 Å². The molecule has 0 radical (unpaired) electrons. The lowest BCUT2D eigenvalue weighted by Crippen LogP contribution is -2.00. The van der Waals surface area contributed by atoms with E-state index in [9.17, 15) is 25.5 Å². The summed E-state index contributed by atoms with van der Waals surface area (Å²) in [5.74, 6) is 0.521. The summed E-state index contributed by atoms with van der Waals surface area (Å²) >= 11 is 6.39. The quantitative estimate of drug-likeness (QED) is 0.177. The number of non-ortho nitro benzene ring substituents is 2. The van der Waals surface area contributed by atoms with E-state index < -0.39 is 9.85 Å². The molecular weight excluding hydrogens is 450 g/mol. The lowest BCUT2D eigenvalue weighted by Gasteiger charge is -2.13. The average molecular weight is 466 g/mol. The molecule has 0 aliphatic carbocycles. The Morgan fingerprint density at radius 1 is 1.06 bits per heavy atom. The van der Waals surface area contributed by atoms with E-state index >= 15 is 0 Å². The van der Waals surface area contributed by atoms with Gasteiger partial charge in [0.1, 0.15) is 6.61 Å². The number of ether oxygens (including phenoxy) is 2. The van der Waals surface area contributed by atoms with E-state index in [1.165, 1.54) is 43.5 Å². The maximum atomic E-state index is 11.0. The normalized spacial score (nSPS) is 10.9. The van der Waals surface area contributed by atoms with Gasteiger partial charge < -0.3 is 9.47 Å². The molecule has 0 spiro atoms. The Morgan fingerprint density at radius 3 is 2.36 bits per heavy atom. The second-order valence-electron chi connectivity index (χ2n) is 6.73. The fourth-order valence-corrected chi connectivity index (χ4v) is 3.29. The molecule has 0 saturated carbocycles. The molecule has 0 aliphatic heterocycles. The highest BCUT2D eigenvalue weighted by atomic mass is 35.5. The van der Waals surface area contributed by atoms with Gasteiger partial charge in [0.05, 0.1) is 33.6 Å². The lowest BCUT2D eigenvalue weighted by atomic mass is 10.0. The Hall–Kier alpha value is -4.42. The molecule has 0 N–H and O–H groups in total. The largest absolute Gasteiger partial charge is 0.493 e.